The molecule has 12 nitrogen and oxygen atoms in total. The number of piperidine rings is 4. The summed E-state index contributed by atoms with van der Waals surface area (Å²) in [6, 6.07) is 0. The SMILES string of the molecule is O=C(O)C1CC[N-]CC1.O=C(O)C1CC[N-]CC1.O=C(O)C1CC[N-]CC1.O=C(O)C1CC[N-]CC1.[Br][Rh][Br]. The third kappa shape index (κ3) is 20.8. The van der Waals surface area contributed by atoms with Gasteiger partial charge in [0.15, 0.2) is 0 Å². The molecule has 0 aromatic heterocycles. The van der Waals surface area contributed by atoms with E-state index in [4.69, 9.17) is 20.4 Å². The van der Waals surface area contributed by atoms with Crippen LogP contribution in [0.25, 0.3) is 21.3 Å². The first-order valence-electron chi connectivity index (χ1n) is 12.9. The van der Waals surface area contributed by atoms with Gasteiger partial charge in [-0.25, -0.2) is 0 Å². The van der Waals surface area contributed by atoms with E-state index < -0.39 is 23.9 Å². The van der Waals surface area contributed by atoms with E-state index in [9.17, 15) is 19.2 Å². The Morgan fingerprint density at radius 1 is 0.436 bits per heavy atom. The molecule has 0 aromatic carbocycles. The normalized spacial score (nSPS) is 20.7. The minimum absolute atomic E-state index is 0.123. The van der Waals surface area contributed by atoms with Crippen molar-refractivity contribution in [3.05, 3.63) is 21.3 Å². The standard InChI is InChI=1S/4C6H10NO2.2BrH.Rh/c4*8-6(9)5-1-3-7-4-2-5;;;/h4*5H,1-4H2,(H,8,9);2*1H;/q4*-1;;;+2/p-2. The first-order valence-corrected chi connectivity index (χ1v) is 20.4. The second-order valence-electron chi connectivity index (χ2n) is 9.18. The molecular weight excluding hydrogens is 735 g/mol. The number of carboxylic acids is 4. The van der Waals surface area contributed by atoms with Gasteiger partial charge in [0.1, 0.15) is 0 Å². The molecule has 0 aliphatic carbocycles. The van der Waals surface area contributed by atoms with E-state index in [1.54, 1.807) is 0 Å². The summed E-state index contributed by atoms with van der Waals surface area (Å²) in [6.45, 7) is 5.86. The zero-order chi connectivity index (χ0) is 29.5. The van der Waals surface area contributed by atoms with Gasteiger partial charge in [-0.2, -0.15) is 0 Å². The summed E-state index contributed by atoms with van der Waals surface area (Å²) in [5.41, 5.74) is 0. The molecule has 4 fully saturated rings. The summed E-state index contributed by atoms with van der Waals surface area (Å²) in [5.74, 6) is -3.14. The number of carbonyl (C=O) groups is 4. The molecule has 4 saturated heterocycles. The molecule has 4 heterocycles. The van der Waals surface area contributed by atoms with Crippen LogP contribution in [0.4, 0.5) is 0 Å². The van der Waals surface area contributed by atoms with Crippen molar-refractivity contribution in [2.75, 3.05) is 52.4 Å². The van der Waals surface area contributed by atoms with Gasteiger partial charge in [0.2, 0.25) is 0 Å². The van der Waals surface area contributed by atoms with E-state index in [0.717, 1.165) is 104 Å². The Morgan fingerprint density at radius 2 is 0.564 bits per heavy atom. The van der Waals surface area contributed by atoms with E-state index >= 15 is 0 Å². The van der Waals surface area contributed by atoms with Crippen LogP contribution in [0.2, 0.25) is 0 Å². The zero-order valence-corrected chi connectivity index (χ0v) is 26.7. The van der Waals surface area contributed by atoms with E-state index in [1.807, 2.05) is 0 Å². The van der Waals surface area contributed by atoms with Crippen molar-refractivity contribution in [1.82, 2.24) is 0 Å². The van der Waals surface area contributed by atoms with Crippen LogP contribution >= 0.6 is 27.2 Å². The molecule has 0 atom stereocenters. The molecule has 0 unspecified atom stereocenters. The number of aliphatic carboxylic acids is 4. The molecule has 4 rings (SSSR count). The number of rotatable bonds is 4. The number of carboxylic acid groups (broad SMARTS) is 4. The number of nitrogens with zero attached hydrogens (tertiary/aromatic N) is 4. The molecule has 0 aromatic rings. The van der Waals surface area contributed by atoms with Crippen molar-refractivity contribution in [3.63, 3.8) is 0 Å². The molecule has 15 heteroatoms. The van der Waals surface area contributed by atoms with Gasteiger partial charge in [-0.05, 0) is 0 Å². The van der Waals surface area contributed by atoms with E-state index in [-0.39, 0.29) is 23.7 Å². The molecule has 0 radical (unpaired) electrons. The number of halogens is 2. The van der Waals surface area contributed by atoms with Crippen LogP contribution in [0.15, 0.2) is 0 Å². The van der Waals surface area contributed by atoms with Crippen molar-refractivity contribution < 1.29 is 52.8 Å². The zero-order valence-electron chi connectivity index (χ0n) is 21.9. The maximum absolute atomic E-state index is 10.3. The Kier molecular flexibility index (Phi) is 24.6. The molecule has 0 bridgehead atoms. The second-order valence-corrected chi connectivity index (χ2v) is 16.7. The van der Waals surface area contributed by atoms with Crippen LogP contribution in [0.3, 0.4) is 0 Å². The van der Waals surface area contributed by atoms with Gasteiger partial charge in [-0.1, -0.05) is 51.4 Å². The summed E-state index contributed by atoms with van der Waals surface area (Å²) in [5, 5.41) is 50.2. The molecule has 39 heavy (non-hydrogen) atoms. The topological polar surface area (TPSA) is 206 Å². The third-order valence-electron chi connectivity index (χ3n) is 6.48. The van der Waals surface area contributed by atoms with Crippen LogP contribution in [0.1, 0.15) is 51.4 Å². The summed E-state index contributed by atoms with van der Waals surface area (Å²) in [6.07, 6.45) is 5.85. The average Bonchev–Trinajstić information content (AvgIpc) is 2.96. The van der Waals surface area contributed by atoms with Gasteiger partial charge in [-0.3, -0.25) is 19.2 Å². The Hall–Kier alpha value is -0.697. The predicted octanol–water partition coefficient (Wildman–Crippen LogP) is 5.11. The van der Waals surface area contributed by atoms with Crippen molar-refractivity contribution in [1.29, 1.82) is 0 Å². The van der Waals surface area contributed by atoms with Crippen LogP contribution in [-0.2, 0) is 32.4 Å². The van der Waals surface area contributed by atoms with Gasteiger partial charge in [-0.15, -0.1) is 52.4 Å². The molecule has 4 N–H and O–H groups in total. The minimum atomic E-state index is -0.662. The van der Waals surface area contributed by atoms with E-state index in [1.165, 1.54) is 0 Å². The number of hydrogen-bond acceptors (Lipinski definition) is 4. The van der Waals surface area contributed by atoms with Gasteiger partial charge >= 0.3 is 64.3 Å². The van der Waals surface area contributed by atoms with E-state index in [2.05, 4.69) is 48.5 Å². The molecule has 0 spiro atoms. The number of hydrogen-bond donors (Lipinski definition) is 4. The first-order chi connectivity index (χ1) is 18.6. The van der Waals surface area contributed by atoms with Crippen molar-refractivity contribution >= 4 is 51.1 Å². The quantitative estimate of drug-likeness (QED) is 0.282. The van der Waals surface area contributed by atoms with Crippen LogP contribution in [0, 0.1) is 23.7 Å². The fourth-order valence-corrected chi connectivity index (χ4v) is 3.99. The van der Waals surface area contributed by atoms with Gasteiger partial charge < -0.3 is 41.7 Å². The third-order valence-corrected chi connectivity index (χ3v) is 6.48. The molecule has 4 aliphatic rings. The fourth-order valence-electron chi connectivity index (χ4n) is 3.99. The Balaban J connectivity index is 0.000000477. The first kappa shape index (κ1) is 38.3. The van der Waals surface area contributed by atoms with Crippen LogP contribution < -0.4 is 0 Å². The summed E-state index contributed by atoms with van der Waals surface area (Å²) >= 11 is 6.72. The van der Waals surface area contributed by atoms with Crippen LogP contribution in [0.5, 0.6) is 0 Å². The molecule has 0 saturated carbocycles. The fraction of sp³-hybridized carbons (Fsp3) is 0.833. The van der Waals surface area contributed by atoms with Gasteiger partial charge in [0.25, 0.3) is 0 Å². The van der Waals surface area contributed by atoms with E-state index in [0.29, 0.717) is 13.2 Å². The summed E-state index contributed by atoms with van der Waals surface area (Å²) in [4.78, 5) is 41.3. The predicted molar refractivity (Wildman–Crippen MR) is 152 cm³/mol. The maximum atomic E-state index is 10.3. The Morgan fingerprint density at radius 3 is 0.641 bits per heavy atom. The summed E-state index contributed by atoms with van der Waals surface area (Å²) < 4.78 is 0. The Labute approximate surface area is 251 Å². The monoisotopic (exact) mass is 773 g/mol. The molecule has 231 valence electrons. The molecule has 0 amide bonds. The van der Waals surface area contributed by atoms with Gasteiger partial charge in [0.05, 0.1) is 23.7 Å². The summed E-state index contributed by atoms with van der Waals surface area (Å²) in [7, 11) is 0. The van der Waals surface area contributed by atoms with Crippen molar-refractivity contribution in [2.24, 2.45) is 23.7 Å². The Bertz CT molecular complexity index is 575. The van der Waals surface area contributed by atoms with Gasteiger partial charge in [0, 0.05) is 0 Å². The average molecular weight is 775 g/mol. The van der Waals surface area contributed by atoms with Crippen molar-refractivity contribution in [3.8, 4) is 0 Å². The molecule has 4 aliphatic heterocycles. The molecular formula is C24H40Br2N4O8Rh-4. The second kappa shape index (κ2) is 25.0. The van der Waals surface area contributed by atoms with Crippen molar-refractivity contribution in [2.45, 2.75) is 51.4 Å². The van der Waals surface area contributed by atoms with Crippen LogP contribution in [-0.4, -0.2) is 96.7 Å².